The summed E-state index contributed by atoms with van der Waals surface area (Å²) < 4.78 is 0. The molecule has 0 unspecified atom stereocenters. The van der Waals surface area contributed by atoms with Crippen molar-refractivity contribution in [2.24, 2.45) is 0 Å². The van der Waals surface area contributed by atoms with Crippen LogP contribution < -0.4 is 0 Å². The van der Waals surface area contributed by atoms with E-state index in [1.54, 1.807) is 0 Å². The van der Waals surface area contributed by atoms with Crippen molar-refractivity contribution in [1.29, 1.82) is 0 Å². The third-order valence-corrected chi connectivity index (χ3v) is 4.37. The van der Waals surface area contributed by atoms with E-state index in [-0.39, 0.29) is 5.41 Å². The summed E-state index contributed by atoms with van der Waals surface area (Å²) in [6.45, 7) is 11.3. The van der Waals surface area contributed by atoms with E-state index in [4.69, 9.17) is 0 Å². The molecule has 0 fully saturated rings. The monoisotopic (exact) mass is 272 g/mol. The number of aryl methyl sites for hydroxylation is 2. The van der Waals surface area contributed by atoms with Crippen LogP contribution in [-0.4, -0.2) is 6.26 Å². The summed E-state index contributed by atoms with van der Waals surface area (Å²) >= 11 is 1.90. The largest absolute Gasteiger partial charge is 0.161 e. The van der Waals surface area contributed by atoms with Gasteiger partial charge in [-0.1, -0.05) is 45.0 Å². The van der Waals surface area contributed by atoms with Crippen LogP contribution in [0.2, 0.25) is 0 Å². The molecular formula is C18H24S. The van der Waals surface area contributed by atoms with Gasteiger partial charge < -0.3 is 0 Å². The van der Waals surface area contributed by atoms with Gasteiger partial charge in [-0.05, 0) is 58.9 Å². The van der Waals surface area contributed by atoms with Gasteiger partial charge in [-0.3, -0.25) is 0 Å². The Morgan fingerprint density at radius 3 is 2.26 bits per heavy atom. The van der Waals surface area contributed by atoms with Crippen molar-refractivity contribution in [2.75, 3.05) is 6.26 Å². The van der Waals surface area contributed by atoms with Crippen LogP contribution >= 0.6 is 11.8 Å². The molecule has 2 rings (SSSR count). The second-order valence-corrected chi connectivity index (χ2v) is 7.31. The quantitative estimate of drug-likeness (QED) is 0.689. The minimum absolute atomic E-state index is 0.197. The molecule has 0 radical (unpaired) electrons. The fourth-order valence-corrected chi connectivity index (χ4v) is 3.25. The van der Waals surface area contributed by atoms with Crippen molar-refractivity contribution in [3.8, 4) is 11.1 Å². The SMILES string of the molecule is CSCc1cc(C(C)(C)C)cc(C)c2c(C)ccc1-2. The second-order valence-electron chi connectivity index (χ2n) is 6.44. The lowest BCUT2D eigenvalue weighted by Gasteiger charge is -2.18. The van der Waals surface area contributed by atoms with E-state index >= 15 is 0 Å². The van der Waals surface area contributed by atoms with Crippen LogP contribution in [0, 0.1) is 13.8 Å². The van der Waals surface area contributed by atoms with E-state index < -0.39 is 0 Å². The van der Waals surface area contributed by atoms with E-state index in [9.17, 15) is 0 Å². The summed E-state index contributed by atoms with van der Waals surface area (Å²) in [6.07, 6.45) is 2.18. The molecule has 0 spiro atoms. The predicted octanol–water partition coefficient (Wildman–Crippen LogP) is 5.57. The normalized spacial score (nSPS) is 12.1. The maximum absolute atomic E-state index is 2.41. The van der Waals surface area contributed by atoms with Crippen LogP contribution in [0.4, 0.5) is 0 Å². The zero-order chi connectivity index (χ0) is 14.2. The van der Waals surface area contributed by atoms with Crippen LogP contribution in [0.25, 0.3) is 11.1 Å². The Kier molecular flexibility index (Phi) is 3.96. The Morgan fingerprint density at radius 2 is 1.68 bits per heavy atom. The lowest BCUT2D eigenvalue weighted by molar-refractivity contribution is 0.590. The fraction of sp³-hybridized carbons (Fsp3) is 0.444. The topological polar surface area (TPSA) is 0 Å². The lowest BCUT2D eigenvalue weighted by atomic mass is 9.87. The standard InChI is InChI=1S/C18H24S/c1-12-7-8-16-14(11-19-6)10-15(18(3,4)5)9-13(2)17(12)16/h7-10H,11H2,1-6H3. The first kappa shape index (κ1) is 14.5. The molecule has 0 heterocycles. The second kappa shape index (κ2) is 5.20. The minimum Gasteiger partial charge on any atom is -0.161 e. The van der Waals surface area contributed by atoms with Gasteiger partial charge in [-0.15, -0.1) is 0 Å². The van der Waals surface area contributed by atoms with Crippen LogP contribution in [0.5, 0.6) is 0 Å². The van der Waals surface area contributed by atoms with E-state index in [2.05, 4.69) is 65.1 Å². The molecule has 0 amide bonds. The molecule has 0 nitrogen and oxygen atoms in total. The Hall–Kier alpha value is -0.950. The van der Waals surface area contributed by atoms with E-state index in [1.807, 2.05) is 11.8 Å². The van der Waals surface area contributed by atoms with E-state index in [0.29, 0.717) is 0 Å². The van der Waals surface area contributed by atoms with Gasteiger partial charge in [0.1, 0.15) is 0 Å². The maximum atomic E-state index is 2.41. The average Bonchev–Trinajstić information content (AvgIpc) is 2.60. The van der Waals surface area contributed by atoms with Crippen molar-refractivity contribution in [3.63, 3.8) is 0 Å². The zero-order valence-corrected chi connectivity index (χ0v) is 13.7. The van der Waals surface area contributed by atoms with Crippen LogP contribution in [0.3, 0.4) is 0 Å². The van der Waals surface area contributed by atoms with Gasteiger partial charge in [0.25, 0.3) is 0 Å². The van der Waals surface area contributed by atoms with Crippen LogP contribution in [-0.2, 0) is 11.2 Å². The average molecular weight is 272 g/mol. The van der Waals surface area contributed by atoms with Crippen LogP contribution in [0.1, 0.15) is 43.0 Å². The van der Waals surface area contributed by atoms with Crippen molar-refractivity contribution in [1.82, 2.24) is 0 Å². The first-order chi connectivity index (χ1) is 8.84. The van der Waals surface area contributed by atoms with Gasteiger partial charge in [0, 0.05) is 5.75 Å². The Balaban J connectivity index is 2.77. The Bertz CT molecular complexity index is 561. The summed E-state index contributed by atoms with van der Waals surface area (Å²) in [6, 6.07) is 9.32. The molecule has 0 aliphatic heterocycles. The molecule has 2 aliphatic carbocycles. The molecular weight excluding hydrogens is 248 g/mol. The third kappa shape index (κ3) is 2.81. The van der Waals surface area contributed by atoms with Gasteiger partial charge in [-0.25, -0.2) is 0 Å². The molecule has 0 aromatic heterocycles. The van der Waals surface area contributed by atoms with Crippen molar-refractivity contribution >= 4 is 11.8 Å². The Morgan fingerprint density at radius 1 is 1.00 bits per heavy atom. The first-order valence-electron chi connectivity index (χ1n) is 6.87. The molecule has 1 heteroatoms. The number of hydrogen-bond acceptors (Lipinski definition) is 1. The summed E-state index contributed by atoms with van der Waals surface area (Å²) in [4.78, 5) is 0. The maximum Gasteiger partial charge on any atom is 0.0188 e. The number of fused-ring (bicyclic) bond motifs is 1. The highest BCUT2D eigenvalue weighted by molar-refractivity contribution is 7.97. The molecule has 2 aliphatic rings. The minimum atomic E-state index is 0.197. The van der Waals surface area contributed by atoms with Gasteiger partial charge in [-0.2, -0.15) is 11.8 Å². The fourth-order valence-electron chi connectivity index (χ4n) is 2.70. The molecule has 0 saturated carbocycles. The molecule has 0 aromatic rings. The molecule has 19 heavy (non-hydrogen) atoms. The molecule has 0 saturated heterocycles. The number of hydrogen-bond donors (Lipinski definition) is 0. The lowest BCUT2D eigenvalue weighted by Crippen LogP contribution is -2.10. The molecule has 0 bridgehead atoms. The summed E-state index contributed by atoms with van der Waals surface area (Å²) in [7, 11) is 0. The van der Waals surface area contributed by atoms with E-state index in [0.717, 1.165) is 5.75 Å². The van der Waals surface area contributed by atoms with Crippen molar-refractivity contribution in [2.45, 2.75) is 45.8 Å². The number of rotatable bonds is 2. The van der Waals surface area contributed by atoms with Gasteiger partial charge in [0.05, 0.1) is 0 Å². The summed E-state index contributed by atoms with van der Waals surface area (Å²) in [5, 5.41) is 0. The third-order valence-electron chi connectivity index (χ3n) is 3.77. The van der Waals surface area contributed by atoms with Crippen molar-refractivity contribution in [3.05, 3.63) is 46.5 Å². The van der Waals surface area contributed by atoms with Crippen molar-refractivity contribution < 1.29 is 0 Å². The molecule has 0 atom stereocenters. The van der Waals surface area contributed by atoms with Gasteiger partial charge >= 0.3 is 0 Å². The zero-order valence-electron chi connectivity index (χ0n) is 12.9. The van der Waals surface area contributed by atoms with Crippen LogP contribution in [0.15, 0.2) is 24.3 Å². The Labute approximate surface area is 122 Å². The van der Waals surface area contributed by atoms with Gasteiger partial charge in [0.15, 0.2) is 0 Å². The van der Waals surface area contributed by atoms with E-state index in [1.165, 1.54) is 33.4 Å². The highest BCUT2D eigenvalue weighted by Gasteiger charge is 2.19. The highest BCUT2D eigenvalue weighted by atomic mass is 32.2. The molecule has 0 N–H and O–H groups in total. The smallest absolute Gasteiger partial charge is 0.0188 e. The molecule has 102 valence electrons. The first-order valence-corrected chi connectivity index (χ1v) is 8.26. The summed E-state index contributed by atoms with van der Waals surface area (Å²) in [5.74, 6) is 1.08. The summed E-state index contributed by atoms with van der Waals surface area (Å²) in [5.41, 5.74) is 8.76. The highest BCUT2D eigenvalue weighted by Crippen LogP contribution is 2.37. The predicted molar refractivity (Wildman–Crippen MR) is 88.5 cm³/mol. The molecule has 0 aromatic carbocycles. The number of thioether (sulfide) groups is 1. The van der Waals surface area contributed by atoms with Gasteiger partial charge in [0.2, 0.25) is 0 Å².